The van der Waals surface area contributed by atoms with Crippen molar-refractivity contribution < 1.29 is 24.4 Å². The first-order valence-corrected chi connectivity index (χ1v) is 4.13. The van der Waals surface area contributed by atoms with E-state index in [1.165, 1.54) is 0 Å². The SMILES string of the molecule is COCC(COC)OCC(O)CO. The van der Waals surface area contributed by atoms with Crippen molar-refractivity contribution in [2.75, 3.05) is 40.6 Å². The molecule has 1 unspecified atom stereocenters. The van der Waals surface area contributed by atoms with Gasteiger partial charge in [-0.25, -0.2) is 0 Å². The van der Waals surface area contributed by atoms with Crippen molar-refractivity contribution in [3.05, 3.63) is 0 Å². The molecule has 0 saturated heterocycles. The van der Waals surface area contributed by atoms with Crippen LogP contribution in [0.15, 0.2) is 0 Å². The molecule has 0 aromatic heterocycles. The van der Waals surface area contributed by atoms with Crippen LogP contribution in [-0.2, 0) is 14.2 Å². The Morgan fingerprint density at radius 2 is 1.62 bits per heavy atom. The third kappa shape index (κ3) is 6.92. The van der Waals surface area contributed by atoms with Gasteiger partial charge in [-0.2, -0.15) is 0 Å². The van der Waals surface area contributed by atoms with Crippen LogP contribution in [0.1, 0.15) is 0 Å². The van der Waals surface area contributed by atoms with E-state index < -0.39 is 6.10 Å². The third-order valence-corrected chi connectivity index (χ3v) is 1.44. The smallest absolute Gasteiger partial charge is 0.104 e. The summed E-state index contributed by atoms with van der Waals surface area (Å²) in [7, 11) is 3.13. The maximum Gasteiger partial charge on any atom is 0.104 e. The van der Waals surface area contributed by atoms with E-state index in [0.717, 1.165) is 0 Å². The number of hydrogen-bond donors (Lipinski definition) is 2. The van der Waals surface area contributed by atoms with Crippen LogP contribution in [0.5, 0.6) is 0 Å². The molecule has 0 radical (unpaired) electrons. The molecule has 80 valence electrons. The summed E-state index contributed by atoms with van der Waals surface area (Å²) in [5.74, 6) is 0. The lowest BCUT2D eigenvalue weighted by atomic mass is 10.3. The summed E-state index contributed by atoms with van der Waals surface area (Å²) in [5, 5.41) is 17.5. The molecule has 0 aromatic rings. The lowest BCUT2D eigenvalue weighted by Crippen LogP contribution is -2.30. The summed E-state index contributed by atoms with van der Waals surface area (Å²) in [6.45, 7) is 0.610. The van der Waals surface area contributed by atoms with Gasteiger partial charge in [0.2, 0.25) is 0 Å². The highest BCUT2D eigenvalue weighted by Gasteiger charge is 2.11. The Morgan fingerprint density at radius 3 is 2.00 bits per heavy atom. The van der Waals surface area contributed by atoms with Gasteiger partial charge in [0.1, 0.15) is 12.2 Å². The first-order chi connectivity index (χ1) is 6.24. The Bertz CT molecular complexity index is 103. The minimum absolute atomic E-state index is 0.0912. The topological polar surface area (TPSA) is 68.2 Å². The summed E-state index contributed by atoms with van der Waals surface area (Å²) in [4.78, 5) is 0. The van der Waals surface area contributed by atoms with E-state index in [9.17, 15) is 0 Å². The normalized spacial score (nSPS) is 13.6. The maximum absolute atomic E-state index is 8.99. The van der Waals surface area contributed by atoms with Crippen molar-refractivity contribution in [1.29, 1.82) is 0 Å². The second kappa shape index (κ2) is 8.40. The summed E-state index contributed by atoms with van der Waals surface area (Å²) < 4.78 is 15.0. The second-order valence-corrected chi connectivity index (χ2v) is 2.70. The van der Waals surface area contributed by atoms with Crippen LogP contribution in [0.4, 0.5) is 0 Å². The lowest BCUT2D eigenvalue weighted by Gasteiger charge is -2.17. The van der Waals surface area contributed by atoms with Crippen LogP contribution in [0, 0.1) is 0 Å². The Morgan fingerprint density at radius 1 is 1.08 bits per heavy atom. The molecular formula is C8H18O5. The van der Waals surface area contributed by atoms with Crippen molar-refractivity contribution >= 4 is 0 Å². The zero-order valence-electron chi connectivity index (χ0n) is 8.10. The highest BCUT2D eigenvalue weighted by atomic mass is 16.6. The summed E-state index contributed by atoms with van der Waals surface area (Å²) >= 11 is 0. The Kier molecular flexibility index (Phi) is 8.27. The summed E-state index contributed by atoms with van der Waals surface area (Å²) in [5.41, 5.74) is 0. The van der Waals surface area contributed by atoms with E-state index in [1.54, 1.807) is 14.2 Å². The molecule has 0 saturated carbocycles. The molecule has 0 amide bonds. The highest BCUT2D eigenvalue weighted by Crippen LogP contribution is 1.95. The molecule has 0 fully saturated rings. The number of aliphatic hydroxyl groups is 2. The van der Waals surface area contributed by atoms with Crippen LogP contribution >= 0.6 is 0 Å². The van der Waals surface area contributed by atoms with E-state index in [-0.39, 0.29) is 19.3 Å². The molecule has 0 rings (SSSR count). The average molecular weight is 194 g/mol. The number of hydrogen-bond acceptors (Lipinski definition) is 5. The molecule has 1 atom stereocenters. The van der Waals surface area contributed by atoms with E-state index >= 15 is 0 Å². The van der Waals surface area contributed by atoms with Gasteiger partial charge in [0.05, 0.1) is 26.4 Å². The molecular weight excluding hydrogens is 176 g/mol. The van der Waals surface area contributed by atoms with E-state index in [4.69, 9.17) is 24.4 Å². The fourth-order valence-corrected chi connectivity index (χ4v) is 0.816. The molecule has 2 N–H and O–H groups in total. The van der Waals surface area contributed by atoms with Crippen molar-refractivity contribution in [2.24, 2.45) is 0 Å². The molecule has 0 bridgehead atoms. The minimum Gasteiger partial charge on any atom is -0.394 e. The molecule has 0 aliphatic heterocycles. The molecule has 0 aliphatic carbocycles. The first-order valence-electron chi connectivity index (χ1n) is 4.13. The van der Waals surface area contributed by atoms with Gasteiger partial charge >= 0.3 is 0 Å². The van der Waals surface area contributed by atoms with Crippen molar-refractivity contribution in [3.63, 3.8) is 0 Å². The standard InChI is InChI=1S/C8H18O5/c1-11-5-8(6-12-2)13-4-7(10)3-9/h7-10H,3-6H2,1-2H3. The Hall–Kier alpha value is -0.200. The van der Waals surface area contributed by atoms with Gasteiger partial charge in [0.25, 0.3) is 0 Å². The van der Waals surface area contributed by atoms with Gasteiger partial charge < -0.3 is 24.4 Å². The fourth-order valence-electron chi connectivity index (χ4n) is 0.816. The zero-order valence-corrected chi connectivity index (χ0v) is 8.10. The van der Waals surface area contributed by atoms with Gasteiger partial charge in [-0.1, -0.05) is 0 Å². The van der Waals surface area contributed by atoms with Crippen LogP contribution in [0.3, 0.4) is 0 Å². The fraction of sp³-hybridized carbons (Fsp3) is 1.00. The molecule has 5 heteroatoms. The van der Waals surface area contributed by atoms with Crippen LogP contribution in [0.25, 0.3) is 0 Å². The van der Waals surface area contributed by atoms with Crippen LogP contribution in [0.2, 0.25) is 0 Å². The average Bonchev–Trinajstić information content (AvgIpc) is 2.14. The molecule has 0 aliphatic rings. The van der Waals surface area contributed by atoms with Gasteiger partial charge in [0, 0.05) is 14.2 Å². The number of ether oxygens (including phenoxy) is 3. The minimum atomic E-state index is -0.837. The van der Waals surface area contributed by atoms with E-state index in [2.05, 4.69) is 0 Å². The predicted molar refractivity (Wildman–Crippen MR) is 46.6 cm³/mol. The maximum atomic E-state index is 8.99. The second-order valence-electron chi connectivity index (χ2n) is 2.70. The largest absolute Gasteiger partial charge is 0.394 e. The number of rotatable bonds is 8. The van der Waals surface area contributed by atoms with Crippen LogP contribution in [-0.4, -0.2) is 63.1 Å². The van der Waals surface area contributed by atoms with E-state index in [1.807, 2.05) is 0 Å². The Labute approximate surface area is 78.2 Å². The molecule has 0 aromatic carbocycles. The Balaban J connectivity index is 3.55. The van der Waals surface area contributed by atoms with Gasteiger partial charge in [-0.15, -0.1) is 0 Å². The van der Waals surface area contributed by atoms with Crippen molar-refractivity contribution in [3.8, 4) is 0 Å². The zero-order chi connectivity index (χ0) is 10.1. The molecule has 0 spiro atoms. The molecule has 5 nitrogen and oxygen atoms in total. The lowest BCUT2D eigenvalue weighted by molar-refractivity contribution is -0.0759. The van der Waals surface area contributed by atoms with E-state index in [0.29, 0.717) is 13.2 Å². The van der Waals surface area contributed by atoms with Crippen molar-refractivity contribution in [1.82, 2.24) is 0 Å². The van der Waals surface area contributed by atoms with Gasteiger partial charge in [0.15, 0.2) is 0 Å². The summed E-state index contributed by atoms with van der Waals surface area (Å²) in [6.07, 6.45) is -1.03. The highest BCUT2D eigenvalue weighted by molar-refractivity contribution is 4.57. The predicted octanol–water partition coefficient (Wildman–Crippen LogP) is -0.982. The molecule has 0 heterocycles. The quantitative estimate of drug-likeness (QED) is 0.519. The van der Waals surface area contributed by atoms with Crippen molar-refractivity contribution in [2.45, 2.75) is 12.2 Å². The first kappa shape index (κ1) is 12.8. The monoisotopic (exact) mass is 194 g/mol. The third-order valence-electron chi connectivity index (χ3n) is 1.44. The summed E-state index contributed by atoms with van der Waals surface area (Å²) in [6, 6.07) is 0. The van der Waals surface area contributed by atoms with Gasteiger partial charge in [-0.3, -0.25) is 0 Å². The molecule has 13 heavy (non-hydrogen) atoms. The van der Waals surface area contributed by atoms with Gasteiger partial charge in [-0.05, 0) is 0 Å². The van der Waals surface area contributed by atoms with Crippen LogP contribution < -0.4 is 0 Å². The number of aliphatic hydroxyl groups excluding tert-OH is 2. The number of methoxy groups -OCH3 is 2.